The van der Waals surface area contributed by atoms with Crippen LogP contribution in [0.2, 0.25) is 0 Å². The summed E-state index contributed by atoms with van der Waals surface area (Å²) in [4.78, 5) is 23.7. The molecule has 0 radical (unpaired) electrons. The Morgan fingerprint density at radius 3 is 2.93 bits per heavy atom. The number of aromatic amines is 1. The molecule has 0 amide bonds. The van der Waals surface area contributed by atoms with Crippen LogP contribution in [0.25, 0.3) is 0 Å². The van der Waals surface area contributed by atoms with Gasteiger partial charge >= 0.3 is 5.97 Å². The predicted molar refractivity (Wildman–Crippen MR) is 102 cm³/mol. The summed E-state index contributed by atoms with van der Waals surface area (Å²) in [6.07, 6.45) is 4.67. The first-order chi connectivity index (χ1) is 13.1. The molecule has 2 N–H and O–H groups in total. The molecule has 1 unspecified atom stereocenters. The van der Waals surface area contributed by atoms with E-state index in [4.69, 9.17) is 14.7 Å². The van der Waals surface area contributed by atoms with Crippen molar-refractivity contribution in [2.24, 2.45) is 0 Å². The smallest absolute Gasteiger partial charge is 0.328 e. The maximum atomic E-state index is 12.1. The largest absolute Gasteiger partial charge is 0.467 e. The summed E-state index contributed by atoms with van der Waals surface area (Å²) in [5.74, 6) is 2.31. The predicted octanol–water partition coefficient (Wildman–Crippen LogP) is 2.70. The highest BCUT2D eigenvalue weighted by Crippen LogP contribution is 2.32. The van der Waals surface area contributed by atoms with Crippen molar-refractivity contribution in [3.63, 3.8) is 0 Å². The number of H-pyrrole nitrogens is 1. The average Bonchev–Trinajstić information content (AvgIpc) is 3.40. The summed E-state index contributed by atoms with van der Waals surface area (Å²) in [5, 5.41) is 10.8. The van der Waals surface area contributed by atoms with Gasteiger partial charge in [-0.1, -0.05) is 13.8 Å². The normalized spacial score (nSPS) is 18.8. The molecule has 0 saturated carbocycles. The Balaban J connectivity index is 1.66. The van der Waals surface area contributed by atoms with Crippen molar-refractivity contribution in [1.29, 1.82) is 0 Å². The molecule has 0 spiro atoms. The highest BCUT2D eigenvalue weighted by Gasteiger charge is 2.34. The first-order valence-electron chi connectivity index (χ1n) is 9.63. The molecule has 0 aromatic carbocycles. The van der Waals surface area contributed by atoms with Gasteiger partial charge in [-0.3, -0.25) is 5.10 Å². The lowest BCUT2D eigenvalue weighted by Gasteiger charge is -2.24. The summed E-state index contributed by atoms with van der Waals surface area (Å²) in [6.45, 7) is 5.01. The van der Waals surface area contributed by atoms with E-state index in [0.29, 0.717) is 11.9 Å². The van der Waals surface area contributed by atoms with Crippen molar-refractivity contribution in [2.45, 2.75) is 57.9 Å². The highest BCUT2D eigenvalue weighted by atomic mass is 16.5. The average molecular weight is 370 g/mol. The van der Waals surface area contributed by atoms with Crippen molar-refractivity contribution in [3.8, 4) is 0 Å². The van der Waals surface area contributed by atoms with E-state index in [1.807, 2.05) is 11.0 Å². The highest BCUT2D eigenvalue weighted by molar-refractivity contribution is 5.80. The number of carbonyl (C=O) groups excluding carboxylic acids is 1. The Morgan fingerprint density at radius 1 is 1.33 bits per heavy atom. The van der Waals surface area contributed by atoms with Crippen molar-refractivity contribution < 1.29 is 9.53 Å². The summed E-state index contributed by atoms with van der Waals surface area (Å²) in [6, 6.07) is 1.71. The number of esters is 1. The topological polar surface area (TPSA) is 96.0 Å². The van der Waals surface area contributed by atoms with Crippen molar-refractivity contribution in [1.82, 2.24) is 20.2 Å². The number of aryl methyl sites for hydroxylation is 1. The molecule has 2 aliphatic rings. The number of rotatable bonds is 5. The molecule has 4 rings (SSSR count). The van der Waals surface area contributed by atoms with Gasteiger partial charge in [-0.25, -0.2) is 9.78 Å². The number of ether oxygens (including phenoxy) is 1. The molecule has 8 nitrogen and oxygen atoms in total. The minimum absolute atomic E-state index is 0.222. The second kappa shape index (κ2) is 7.17. The Labute approximate surface area is 158 Å². The molecule has 2 aromatic heterocycles. The Hall–Kier alpha value is -2.64. The van der Waals surface area contributed by atoms with E-state index in [1.54, 1.807) is 0 Å². The number of anilines is 3. The van der Waals surface area contributed by atoms with Crippen LogP contribution in [0.4, 0.5) is 17.6 Å². The summed E-state index contributed by atoms with van der Waals surface area (Å²) in [7, 11) is 1.43. The van der Waals surface area contributed by atoms with Gasteiger partial charge in [0.05, 0.1) is 12.8 Å². The fraction of sp³-hybridized carbons (Fsp3) is 0.579. The van der Waals surface area contributed by atoms with Crippen LogP contribution in [-0.4, -0.2) is 45.8 Å². The van der Waals surface area contributed by atoms with Crippen LogP contribution >= 0.6 is 0 Å². The second-order valence-electron chi connectivity index (χ2n) is 7.51. The maximum Gasteiger partial charge on any atom is 0.328 e. The van der Waals surface area contributed by atoms with E-state index < -0.39 is 0 Å². The number of aromatic nitrogens is 4. The Kier molecular flexibility index (Phi) is 4.72. The fourth-order valence-corrected chi connectivity index (χ4v) is 3.86. The first kappa shape index (κ1) is 17.8. The standard InChI is InChI=1S/C19H26N6O2/c1-11(2)14-10-16(24-23-14)21-17-12-6-4-7-13(12)20-19(22-17)25-9-5-8-15(25)18(26)27-3/h10-11,15H,4-9H2,1-3H3,(H2,20,21,22,23,24). The molecule has 1 fully saturated rings. The van der Waals surface area contributed by atoms with E-state index in [9.17, 15) is 4.79 Å². The van der Waals surface area contributed by atoms with Crippen LogP contribution in [0.3, 0.4) is 0 Å². The monoisotopic (exact) mass is 370 g/mol. The number of fused-ring (bicyclic) bond motifs is 1. The fourth-order valence-electron chi connectivity index (χ4n) is 3.86. The molecule has 1 saturated heterocycles. The third-order valence-corrected chi connectivity index (χ3v) is 5.37. The van der Waals surface area contributed by atoms with Gasteiger partial charge in [0.15, 0.2) is 5.82 Å². The van der Waals surface area contributed by atoms with Gasteiger partial charge in [0, 0.05) is 23.9 Å². The lowest BCUT2D eigenvalue weighted by atomic mass is 10.1. The van der Waals surface area contributed by atoms with E-state index in [0.717, 1.165) is 67.2 Å². The molecule has 2 aromatic rings. The number of methoxy groups -OCH3 is 1. The molecule has 27 heavy (non-hydrogen) atoms. The van der Waals surface area contributed by atoms with Crippen LogP contribution < -0.4 is 10.2 Å². The van der Waals surface area contributed by atoms with Crippen LogP contribution in [0, 0.1) is 0 Å². The van der Waals surface area contributed by atoms with Crippen LogP contribution in [0.1, 0.15) is 56.0 Å². The molecule has 1 aliphatic carbocycles. The first-order valence-corrected chi connectivity index (χ1v) is 9.63. The minimum atomic E-state index is -0.305. The second-order valence-corrected chi connectivity index (χ2v) is 7.51. The van der Waals surface area contributed by atoms with Gasteiger partial charge in [0.2, 0.25) is 5.95 Å². The van der Waals surface area contributed by atoms with Crippen molar-refractivity contribution >= 4 is 23.6 Å². The number of hydrogen-bond acceptors (Lipinski definition) is 7. The van der Waals surface area contributed by atoms with Gasteiger partial charge < -0.3 is 15.0 Å². The molecular formula is C19H26N6O2. The van der Waals surface area contributed by atoms with Gasteiger partial charge in [-0.05, 0) is 38.0 Å². The SMILES string of the molecule is COC(=O)C1CCCN1c1nc2c(c(Nc3cc(C(C)C)[nH]n3)n1)CCC2. The number of carbonyl (C=O) groups is 1. The Bertz CT molecular complexity index is 847. The number of hydrogen-bond donors (Lipinski definition) is 2. The Morgan fingerprint density at radius 2 is 2.19 bits per heavy atom. The van der Waals surface area contributed by atoms with E-state index in [-0.39, 0.29) is 12.0 Å². The van der Waals surface area contributed by atoms with Crippen molar-refractivity contribution in [2.75, 3.05) is 23.9 Å². The van der Waals surface area contributed by atoms with Gasteiger partial charge in [0.1, 0.15) is 11.9 Å². The third-order valence-electron chi connectivity index (χ3n) is 5.37. The zero-order valence-electron chi connectivity index (χ0n) is 16.1. The quantitative estimate of drug-likeness (QED) is 0.781. The zero-order valence-corrected chi connectivity index (χ0v) is 16.1. The van der Waals surface area contributed by atoms with Crippen LogP contribution in [0.5, 0.6) is 0 Å². The molecular weight excluding hydrogens is 344 g/mol. The van der Waals surface area contributed by atoms with E-state index >= 15 is 0 Å². The van der Waals surface area contributed by atoms with Crippen LogP contribution in [-0.2, 0) is 22.4 Å². The molecule has 3 heterocycles. The lowest BCUT2D eigenvalue weighted by Crippen LogP contribution is -2.38. The number of nitrogens with zero attached hydrogens (tertiary/aromatic N) is 4. The molecule has 8 heteroatoms. The lowest BCUT2D eigenvalue weighted by molar-refractivity contribution is -0.141. The molecule has 0 bridgehead atoms. The molecule has 144 valence electrons. The van der Waals surface area contributed by atoms with Gasteiger partial charge in [-0.2, -0.15) is 10.1 Å². The van der Waals surface area contributed by atoms with Gasteiger partial charge in [0.25, 0.3) is 0 Å². The van der Waals surface area contributed by atoms with Crippen LogP contribution in [0.15, 0.2) is 6.07 Å². The van der Waals surface area contributed by atoms with Crippen molar-refractivity contribution in [3.05, 3.63) is 23.0 Å². The summed E-state index contributed by atoms with van der Waals surface area (Å²) < 4.78 is 4.96. The third kappa shape index (κ3) is 3.36. The summed E-state index contributed by atoms with van der Waals surface area (Å²) in [5.41, 5.74) is 3.30. The van der Waals surface area contributed by atoms with Gasteiger partial charge in [-0.15, -0.1) is 0 Å². The number of nitrogens with one attached hydrogen (secondary N) is 2. The van der Waals surface area contributed by atoms with E-state index in [2.05, 4.69) is 29.4 Å². The maximum absolute atomic E-state index is 12.1. The molecule has 1 atom stereocenters. The molecule has 1 aliphatic heterocycles. The van der Waals surface area contributed by atoms with E-state index in [1.165, 1.54) is 7.11 Å². The summed E-state index contributed by atoms with van der Waals surface area (Å²) >= 11 is 0. The minimum Gasteiger partial charge on any atom is -0.467 e. The zero-order chi connectivity index (χ0) is 19.0.